The Morgan fingerprint density at radius 2 is 0.810 bits per heavy atom. The smallest absolute Gasteiger partial charge is 0.444 e. The van der Waals surface area contributed by atoms with E-state index in [4.69, 9.17) is 75.5 Å². The minimum absolute atomic E-state index is 0. The van der Waals surface area contributed by atoms with Crippen LogP contribution in [0.25, 0.3) is 33.4 Å². The van der Waals surface area contributed by atoms with Gasteiger partial charge >= 0.3 is 47.2 Å². The van der Waals surface area contributed by atoms with E-state index in [2.05, 4.69) is 163 Å². The fourth-order valence-corrected chi connectivity index (χ4v) is 13.8. The predicted octanol–water partition coefficient (Wildman–Crippen LogP) is 18.4. The first-order valence-corrected chi connectivity index (χ1v) is 46.6. The second-order valence-electron chi connectivity index (χ2n) is 34.8. The quantitative estimate of drug-likeness (QED) is 0.00798. The molecule has 0 radical (unpaired) electrons. The van der Waals surface area contributed by atoms with E-state index in [9.17, 15) is 32.3 Å². The SMILES string of the molecule is C.C.CC(C)(C)OC(=O)OC(=O)OC(C)(C)C.CN(CC1OCCc2cc(-c3cccnc3)ccc21)C(=O)OC(C)(C)C.CN(C[C@@H]1OCCc2cc(-c3cccnc3)ccc21)C(=O)OC(C)(C)C.CNCC(OC)OC.CNCC1OCCc2cc(-c3cccnc3)ccc21.CNCC1OCCc2cc(Br)ccc21.O=S(=O)(O)C(F)(F)F.OB(O)c1cccnc1.OCCc1cccc(Br)c1. The zero-order chi connectivity index (χ0) is 100. The average molecular weight is 2060 g/mol. The number of carbonyl (C=O) groups is 4. The number of aliphatic hydroxyl groups excluding tert-OH is 1. The Labute approximate surface area is 823 Å². The van der Waals surface area contributed by atoms with E-state index in [1.54, 1.807) is 117 Å². The molecule has 0 bridgehead atoms. The molecule has 0 fully saturated rings. The number of alkyl halides is 3. The van der Waals surface area contributed by atoms with Gasteiger partial charge in [0.2, 0.25) is 0 Å². The van der Waals surface area contributed by atoms with Crippen molar-refractivity contribution < 1.29 is 113 Å². The zero-order valence-corrected chi connectivity index (χ0v) is 84.2. The van der Waals surface area contributed by atoms with Gasteiger partial charge in [0.05, 0.1) is 51.7 Å². The summed E-state index contributed by atoms with van der Waals surface area (Å²) < 4.78 is 118. The van der Waals surface area contributed by atoms with Crippen LogP contribution in [0.15, 0.2) is 204 Å². The fraction of sp³-hybridized carbons (Fsp3) is 0.460. The lowest BCUT2D eigenvalue weighted by molar-refractivity contribution is -0.0978. The Morgan fingerprint density at radius 1 is 0.474 bits per heavy atom. The van der Waals surface area contributed by atoms with E-state index < -0.39 is 57.5 Å². The molecule has 4 aliphatic heterocycles. The predicted molar refractivity (Wildman–Crippen MR) is 534 cm³/mol. The Hall–Kier alpha value is -9.78. The number of hydrogen-bond donors (Lipinski definition) is 7. The molecule has 13 rings (SSSR count). The van der Waals surface area contributed by atoms with Crippen LogP contribution in [0, 0.1) is 0 Å². The van der Waals surface area contributed by atoms with E-state index in [1.165, 1.54) is 50.7 Å². The molecule has 4 atom stereocenters. The lowest BCUT2D eigenvalue weighted by atomic mass is 9.82. The normalized spacial score (nSPS) is 15.0. The fourth-order valence-electron chi connectivity index (χ4n) is 13.0. The number of benzene rings is 5. The molecule has 30 nitrogen and oxygen atoms in total. The molecule has 4 aromatic heterocycles. The van der Waals surface area contributed by atoms with E-state index >= 15 is 0 Å². The number of fused-ring (bicyclic) bond motifs is 4. The molecule has 4 aliphatic rings. The van der Waals surface area contributed by atoms with Crippen LogP contribution in [0.1, 0.15) is 172 Å². The minimum atomic E-state index is -5.84. The summed E-state index contributed by atoms with van der Waals surface area (Å²) in [7, 11) is 5.25. The van der Waals surface area contributed by atoms with Crippen LogP contribution in [0.3, 0.4) is 0 Å². The summed E-state index contributed by atoms with van der Waals surface area (Å²) >= 11 is 6.84. The van der Waals surface area contributed by atoms with Gasteiger partial charge in [-0.1, -0.05) is 144 Å². The van der Waals surface area contributed by atoms with Crippen molar-refractivity contribution in [2.75, 3.05) is 115 Å². The summed E-state index contributed by atoms with van der Waals surface area (Å²) in [6.45, 7) is 27.8. The van der Waals surface area contributed by atoms with Gasteiger partial charge in [0, 0.05) is 119 Å². The molecular formula is C100H139BBr2F3N9O21S. The number of methoxy groups -OCH3 is 2. The number of likely N-dealkylation sites (N-methyl/N-ethyl adjacent to an activating group) is 5. The number of amides is 2. The van der Waals surface area contributed by atoms with Crippen LogP contribution in [-0.4, -0.2) is 239 Å². The van der Waals surface area contributed by atoms with Crippen LogP contribution in [0.2, 0.25) is 0 Å². The summed E-state index contributed by atoms with van der Waals surface area (Å²) in [4.78, 5) is 65.9. The van der Waals surface area contributed by atoms with Crippen LogP contribution >= 0.6 is 31.9 Å². The second-order valence-corrected chi connectivity index (χ2v) is 38.0. The van der Waals surface area contributed by atoms with Crippen LogP contribution in [0.5, 0.6) is 0 Å². The highest BCUT2D eigenvalue weighted by atomic mass is 79.9. The molecule has 0 saturated heterocycles. The molecule has 754 valence electrons. The summed E-state index contributed by atoms with van der Waals surface area (Å²) in [6, 6.07) is 49.1. The van der Waals surface area contributed by atoms with Crippen LogP contribution in [0.4, 0.5) is 32.3 Å². The molecule has 7 N–H and O–H groups in total. The van der Waals surface area contributed by atoms with Crippen LogP contribution < -0.4 is 21.4 Å². The maximum Gasteiger partial charge on any atom is 0.522 e. The average Bonchev–Trinajstić information content (AvgIpc) is 0.811. The maximum absolute atomic E-state index is 12.2. The van der Waals surface area contributed by atoms with Crippen molar-refractivity contribution in [3.63, 3.8) is 0 Å². The van der Waals surface area contributed by atoms with Gasteiger partial charge in [-0.3, -0.25) is 24.5 Å². The highest BCUT2D eigenvalue weighted by molar-refractivity contribution is 9.10. The van der Waals surface area contributed by atoms with Crippen molar-refractivity contribution in [3.05, 3.63) is 254 Å². The maximum atomic E-state index is 12.2. The highest BCUT2D eigenvalue weighted by Gasteiger charge is 2.44. The van der Waals surface area contributed by atoms with Gasteiger partial charge in [0.15, 0.2) is 6.29 Å². The van der Waals surface area contributed by atoms with Crippen molar-refractivity contribution in [2.24, 2.45) is 0 Å². The van der Waals surface area contributed by atoms with Gasteiger partial charge in [-0.15, -0.1) is 0 Å². The number of aliphatic hydroxyl groups is 1. The van der Waals surface area contributed by atoms with Crippen molar-refractivity contribution in [1.29, 1.82) is 0 Å². The first-order chi connectivity index (χ1) is 63.6. The lowest BCUT2D eigenvalue weighted by Gasteiger charge is -2.31. The van der Waals surface area contributed by atoms with Crippen molar-refractivity contribution in [2.45, 2.75) is 189 Å². The summed E-state index contributed by atoms with van der Waals surface area (Å²) in [5.74, 6) is 0. The standard InChI is InChI=1S/2C21H26N2O3.C16H18N2O.C11H14BrNO.C10H18O5.C8H9BrO.C5H6BNO2.C5H13NO2.CHF3O3S.2CH4/c2*1-21(2,3)26-20(24)23(4)14-19-18-8-7-15(12-16(18)9-11-25-19)17-6-5-10-22-13-17;1-17-11-16-15-5-4-12(9-13(15)6-8-19-16)14-3-2-7-18-10-14;1-13-7-11-10-3-2-9(12)6-8(10)4-5-14-11;1-9(2,3)14-7(11)13-8(12)15-10(4,5)6;9-8-3-1-2-7(6-8)4-5-10;8-6(9)5-2-1-3-7-4-5;1-6-4-5(7-2)8-3;2-1(3,4)8(5,6)7;;/h2*5-8,10,12-13,19H,9,11,14H2,1-4H3;2-5,7,9-10,16-17H,6,8,11H2,1H3;2-3,6,11,13H,4-5,7H2,1H3;1-6H3;1-3,6,10H,4-5H2;1-4,8-9H;5-6H,4H2,1-3H3;(H,5,6,7);2*1H4/t19-;;;;;;;;;;/m0........../s1. The first-order valence-electron chi connectivity index (χ1n) is 43.6. The monoisotopic (exact) mass is 2060 g/mol. The number of nitrogens with one attached hydrogen (secondary N) is 3. The number of aromatic nitrogens is 4. The van der Waals surface area contributed by atoms with Crippen molar-refractivity contribution in [1.82, 2.24) is 45.7 Å². The number of ether oxygens (including phenoxy) is 11. The Morgan fingerprint density at radius 3 is 1.09 bits per heavy atom. The third kappa shape index (κ3) is 46.2. The topological polar surface area (TPSA) is 379 Å². The molecule has 3 unspecified atom stereocenters. The van der Waals surface area contributed by atoms with Gasteiger partial charge in [0.1, 0.15) is 34.6 Å². The number of nitrogens with zero attached hydrogens (tertiary/aromatic N) is 6. The Bertz CT molecular complexity index is 5010. The van der Waals surface area contributed by atoms with Gasteiger partial charge in [-0.25, -0.2) is 19.2 Å². The number of hydrogen-bond acceptors (Lipinski definition) is 27. The molecule has 2 amide bonds. The van der Waals surface area contributed by atoms with Crippen molar-refractivity contribution >= 4 is 79.1 Å². The summed E-state index contributed by atoms with van der Waals surface area (Å²) in [6.07, 6.45) is 15.7. The third-order valence-electron chi connectivity index (χ3n) is 19.1. The highest BCUT2D eigenvalue weighted by Crippen LogP contribution is 2.36. The zero-order valence-electron chi connectivity index (χ0n) is 80.3. The molecular weight excluding hydrogens is 1920 g/mol. The lowest BCUT2D eigenvalue weighted by Crippen LogP contribution is -2.37. The van der Waals surface area contributed by atoms with E-state index in [-0.39, 0.29) is 64.4 Å². The molecule has 8 heterocycles. The number of halogens is 5. The number of pyridine rings is 4. The third-order valence-corrected chi connectivity index (χ3v) is 20.7. The Balaban J connectivity index is 0.000000409. The Kier molecular flexibility index (Phi) is 53.4. The van der Waals surface area contributed by atoms with Gasteiger partial charge in [-0.2, -0.15) is 21.6 Å². The molecule has 0 aliphatic carbocycles. The van der Waals surface area contributed by atoms with Crippen LogP contribution in [-0.2, 0) is 94.3 Å². The second kappa shape index (κ2) is 60.3. The van der Waals surface area contributed by atoms with E-state index in [0.717, 1.165) is 113 Å². The van der Waals surface area contributed by atoms with Gasteiger partial charge < -0.3 is 93.0 Å². The molecule has 137 heavy (non-hydrogen) atoms. The molecule has 5 aromatic carbocycles. The van der Waals surface area contributed by atoms with Gasteiger partial charge in [0.25, 0.3) is 0 Å². The number of rotatable bonds is 18. The van der Waals surface area contributed by atoms with E-state index in [0.29, 0.717) is 31.8 Å². The first kappa shape index (κ1) is 121. The largest absolute Gasteiger partial charge is 0.522 e. The minimum Gasteiger partial charge on any atom is -0.444 e. The number of carbonyl (C=O) groups excluding carboxylic acids is 4. The summed E-state index contributed by atoms with van der Waals surface area (Å²) in [5, 5.41) is 34.9. The van der Waals surface area contributed by atoms with Gasteiger partial charge in [-0.05, 0) is 268 Å². The molecule has 9 aromatic rings. The van der Waals surface area contributed by atoms with Crippen molar-refractivity contribution in [3.8, 4) is 33.4 Å². The summed E-state index contributed by atoms with van der Waals surface area (Å²) in [5.41, 5.74) is 10.8. The molecule has 0 saturated carbocycles. The molecule has 0 spiro atoms. The molecule has 37 heteroatoms. The van der Waals surface area contributed by atoms with E-state index in [1.807, 2.05) is 124 Å².